The number of benzene rings is 2. The fourth-order valence-electron chi connectivity index (χ4n) is 1.97. The Morgan fingerprint density at radius 2 is 2.00 bits per heavy atom. The Morgan fingerprint density at radius 3 is 2.63 bits per heavy atom. The Bertz CT molecular complexity index is 601. The van der Waals surface area contributed by atoms with Crippen LogP contribution < -0.4 is 10.5 Å². The average molecular weight is 280 g/mol. The normalized spacial score (nSPS) is 12.3. The summed E-state index contributed by atoms with van der Waals surface area (Å²) in [4.78, 5) is 0. The Kier molecular flexibility index (Phi) is 4.08. The molecule has 0 amide bonds. The lowest BCUT2D eigenvalue weighted by Crippen LogP contribution is -2.14. The first-order valence-corrected chi connectivity index (χ1v) is 6.26. The number of ether oxygens (including phenoxy) is 1. The second kappa shape index (κ2) is 5.59. The summed E-state index contributed by atoms with van der Waals surface area (Å²) in [6.07, 6.45) is 0. The number of hydrogen-bond donors (Lipinski definition) is 1. The van der Waals surface area contributed by atoms with Crippen LogP contribution in [0, 0.1) is 12.7 Å². The van der Waals surface area contributed by atoms with E-state index >= 15 is 0 Å². The van der Waals surface area contributed by atoms with Gasteiger partial charge in [0.2, 0.25) is 0 Å². The maximum absolute atomic E-state index is 14.0. The molecule has 1 atom stereocenters. The molecule has 2 aromatic carbocycles. The minimum Gasteiger partial charge on any atom is -0.495 e. The molecule has 100 valence electrons. The molecule has 1 unspecified atom stereocenters. The van der Waals surface area contributed by atoms with E-state index in [-0.39, 0.29) is 5.82 Å². The van der Waals surface area contributed by atoms with Crippen LogP contribution in [0.1, 0.15) is 22.7 Å². The first kappa shape index (κ1) is 13.8. The van der Waals surface area contributed by atoms with Gasteiger partial charge in [-0.1, -0.05) is 35.9 Å². The zero-order valence-corrected chi connectivity index (χ0v) is 11.5. The first-order chi connectivity index (χ1) is 9.04. The molecule has 2 rings (SSSR count). The van der Waals surface area contributed by atoms with Crippen LogP contribution in [0.15, 0.2) is 36.4 Å². The van der Waals surface area contributed by atoms with Gasteiger partial charge in [-0.2, -0.15) is 0 Å². The lowest BCUT2D eigenvalue weighted by atomic mass is 9.97. The van der Waals surface area contributed by atoms with Crippen molar-refractivity contribution in [3.63, 3.8) is 0 Å². The van der Waals surface area contributed by atoms with E-state index in [2.05, 4.69) is 0 Å². The molecule has 0 saturated carbocycles. The second-order valence-corrected chi connectivity index (χ2v) is 4.76. The third-order valence-corrected chi connectivity index (χ3v) is 3.39. The standard InChI is InChI=1S/C15H15ClFNO/c1-9-4-3-5-11(14(9)17)15(18)10-6-7-13(19-2)12(16)8-10/h3-8,15H,18H2,1-2H3. The van der Waals surface area contributed by atoms with E-state index in [4.69, 9.17) is 22.1 Å². The predicted octanol–water partition coefficient (Wildman–Crippen LogP) is 3.84. The highest BCUT2D eigenvalue weighted by Crippen LogP contribution is 2.30. The van der Waals surface area contributed by atoms with Gasteiger partial charge in [0.25, 0.3) is 0 Å². The number of methoxy groups -OCH3 is 1. The SMILES string of the molecule is COc1ccc(C(N)c2cccc(C)c2F)cc1Cl. The number of rotatable bonds is 3. The molecule has 2 N–H and O–H groups in total. The van der Waals surface area contributed by atoms with Gasteiger partial charge in [0, 0.05) is 5.56 Å². The zero-order valence-electron chi connectivity index (χ0n) is 10.8. The molecule has 0 aromatic heterocycles. The molecule has 0 spiro atoms. The fourth-order valence-corrected chi connectivity index (χ4v) is 2.23. The van der Waals surface area contributed by atoms with Crippen molar-refractivity contribution in [2.24, 2.45) is 5.73 Å². The molecule has 4 heteroatoms. The average Bonchev–Trinajstić information content (AvgIpc) is 2.41. The third kappa shape index (κ3) is 2.72. The maximum Gasteiger partial charge on any atom is 0.137 e. The van der Waals surface area contributed by atoms with Gasteiger partial charge < -0.3 is 10.5 Å². The van der Waals surface area contributed by atoms with Gasteiger partial charge in [-0.3, -0.25) is 0 Å². The van der Waals surface area contributed by atoms with E-state index in [1.165, 1.54) is 0 Å². The highest BCUT2D eigenvalue weighted by molar-refractivity contribution is 6.32. The van der Waals surface area contributed by atoms with Crippen LogP contribution in [0.25, 0.3) is 0 Å². The van der Waals surface area contributed by atoms with Crippen molar-refractivity contribution in [2.45, 2.75) is 13.0 Å². The molecule has 0 aliphatic rings. The van der Waals surface area contributed by atoms with Crippen molar-refractivity contribution < 1.29 is 9.13 Å². The summed E-state index contributed by atoms with van der Waals surface area (Å²) < 4.78 is 19.1. The molecular weight excluding hydrogens is 265 g/mol. The summed E-state index contributed by atoms with van der Waals surface area (Å²) in [5.41, 5.74) is 7.89. The number of halogens is 2. The van der Waals surface area contributed by atoms with E-state index < -0.39 is 6.04 Å². The Hall–Kier alpha value is -1.58. The summed E-state index contributed by atoms with van der Waals surface area (Å²) in [6, 6.07) is 9.86. The number of aryl methyl sites for hydroxylation is 1. The molecule has 2 nitrogen and oxygen atoms in total. The van der Waals surface area contributed by atoms with Gasteiger partial charge in [0.15, 0.2) is 0 Å². The topological polar surface area (TPSA) is 35.2 Å². The predicted molar refractivity (Wildman–Crippen MR) is 75.2 cm³/mol. The van der Waals surface area contributed by atoms with Crippen molar-refractivity contribution in [1.82, 2.24) is 0 Å². The molecule has 0 radical (unpaired) electrons. The molecule has 0 heterocycles. The van der Waals surface area contributed by atoms with Gasteiger partial charge in [-0.05, 0) is 30.2 Å². The van der Waals surface area contributed by atoms with Crippen LogP contribution in [-0.4, -0.2) is 7.11 Å². The van der Waals surface area contributed by atoms with Gasteiger partial charge in [0.05, 0.1) is 18.2 Å². The monoisotopic (exact) mass is 279 g/mol. The molecule has 0 aliphatic carbocycles. The van der Waals surface area contributed by atoms with Crippen LogP contribution in [0.3, 0.4) is 0 Å². The van der Waals surface area contributed by atoms with Crippen LogP contribution in [0.5, 0.6) is 5.75 Å². The van der Waals surface area contributed by atoms with E-state index in [0.717, 1.165) is 5.56 Å². The lowest BCUT2D eigenvalue weighted by molar-refractivity contribution is 0.415. The van der Waals surface area contributed by atoms with Gasteiger partial charge >= 0.3 is 0 Å². The van der Waals surface area contributed by atoms with Crippen LogP contribution in [0.2, 0.25) is 5.02 Å². The molecule has 19 heavy (non-hydrogen) atoms. The minimum atomic E-state index is -0.552. The summed E-state index contributed by atoms with van der Waals surface area (Å²) in [7, 11) is 1.54. The zero-order chi connectivity index (χ0) is 14.0. The minimum absolute atomic E-state index is 0.276. The first-order valence-electron chi connectivity index (χ1n) is 5.88. The largest absolute Gasteiger partial charge is 0.495 e. The third-order valence-electron chi connectivity index (χ3n) is 3.09. The van der Waals surface area contributed by atoms with Crippen molar-refractivity contribution >= 4 is 11.6 Å². The molecule has 0 fully saturated rings. The van der Waals surface area contributed by atoms with Crippen LogP contribution >= 0.6 is 11.6 Å². The highest BCUT2D eigenvalue weighted by Gasteiger charge is 2.16. The smallest absolute Gasteiger partial charge is 0.137 e. The van der Waals surface area contributed by atoms with Gasteiger partial charge in [-0.25, -0.2) is 4.39 Å². The van der Waals surface area contributed by atoms with E-state index in [1.54, 1.807) is 50.4 Å². The Morgan fingerprint density at radius 1 is 1.26 bits per heavy atom. The van der Waals surface area contributed by atoms with Crippen molar-refractivity contribution in [3.8, 4) is 5.75 Å². The van der Waals surface area contributed by atoms with Crippen molar-refractivity contribution in [3.05, 3.63) is 63.9 Å². The van der Waals surface area contributed by atoms with Crippen molar-refractivity contribution in [2.75, 3.05) is 7.11 Å². The Labute approximate surface area is 117 Å². The number of hydrogen-bond acceptors (Lipinski definition) is 2. The van der Waals surface area contributed by atoms with E-state index in [0.29, 0.717) is 21.9 Å². The summed E-state index contributed by atoms with van der Waals surface area (Å²) >= 11 is 6.06. The Balaban J connectivity index is 2.41. The van der Waals surface area contributed by atoms with E-state index in [1.807, 2.05) is 0 Å². The molecule has 2 aromatic rings. The summed E-state index contributed by atoms with van der Waals surface area (Å²) in [6.45, 7) is 1.71. The molecule has 0 saturated heterocycles. The van der Waals surface area contributed by atoms with E-state index in [9.17, 15) is 4.39 Å². The quantitative estimate of drug-likeness (QED) is 0.926. The van der Waals surface area contributed by atoms with Crippen LogP contribution in [-0.2, 0) is 0 Å². The number of nitrogens with two attached hydrogens (primary N) is 1. The van der Waals surface area contributed by atoms with Gasteiger partial charge in [0.1, 0.15) is 11.6 Å². The lowest BCUT2D eigenvalue weighted by Gasteiger charge is -2.15. The highest BCUT2D eigenvalue weighted by atomic mass is 35.5. The van der Waals surface area contributed by atoms with Crippen molar-refractivity contribution in [1.29, 1.82) is 0 Å². The van der Waals surface area contributed by atoms with Crippen LogP contribution in [0.4, 0.5) is 4.39 Å². The molecule has 0 aliphatic heterocycles. The molecular formula is C15H15ClFNO. The second-order valence-electron chi connectivity index (χ2n) is 4.35. The summed E-state index contributed by atoms with van der Waals surface area (Å²) in [5.74, 6) is 0.296. The maximum atomic E-state index is 14.0. The van der Waals surface area contributed by atoms with Gasteiger partial charge in [-0.15, -0.1) is 0 Å². The summed E-state index contributed by atoms with van der Waals surface area (Å²) in [5, 5.41) is 0.462. The fraction of sp³-hybridized carbons (Fsp3) is 0.200. The molecule has 0 bridgehead atoms.